The molecule has 1 saturated heterocycles. The molecule has 3 rings (SSSR count). The normalized spacial score (nSPS) is 19.2. The molecule has 0 bridgehead atoms. The number of rotatable bonds is 5. The number of nitrogens with zero attached hydrogens (tertiary/aromatic N) is 6. The Morgan fingerprint density at radius 3 is 2.69 bits per heavy atom. The summed E-state index contributed by atoms with van der Waals surface area (Å²) < 4.78 is 29.6. The summed E-state index contributed by atoms with van der Waals surface area (Å²) in [5.74, 6) is 1.17. The molecule has 0 aromatic carbocycles. The van der Waals surface area contributed by atoms with Gasteiger partial charge in [0.1, 0.15) is 11.5 Å². The van der Waals surface area contributed by atoms with Crippen LogP contribution < -0.4 is 0 Å². The van der Waals surface area contributed by atoms with Crippen molar-refractivity contribution in [1.29, 1.82) is 0 Å². The molecule has 0 aliphatic carbocycles. The van der Waals surface area contributed by atoms with E-state index in [1.54, 1.807) is 37.0 Å². The maximum absolute atomic E-state index is 12.4. The first kappa shape index (κ1) is 18.9. The molecule has 0 spiro atoms. The van der Waals surface area contributed by atoms with Crippen molar-refractivity contribution < 1.29 is 8.42 Å². The van der Waals surface area contributed by atoms with E-state index in [1.807, 2.05) is 18.5 Å². The van der Waals surface area contributed by atoms with Crippen molar-refractivity contribution in [2.75, 3.05) is 27.2 Å². The largest absolute Gasteiger partial charge is 0.330 e. The SMILES string of the molecule is Cc1ncc(-c2cncc(C[C@@H]3CCCN(S(=O)(=O)N(C)C)C3)n2)n1C. The standard InChI is InChI=1S/C17H26N6O2S/c1-13-19-11-17(22(13)4)16-10-18-9-15(20-16)8-14-6-5-7-23(12-14)26(24,25)21(2)3/h9-11,14H,5-8,12H2,1-4H3/t14-/m0/s1. The summed E-state index contributed by atoms with van der Waals surface area (Å²) in [6, 6.07) is 0. The Bertz CT molecular complexity index is 877. The van der Waals surface area contributed by atoms with Crippen LogP contribution in [0.25, 0.3) is 11.4 Å². The van der Waals surface area contributed by atoms with Crippen molar-refractivity contribution in [1.82, 2.24) is 28.1 Å². The lowest BCUT2D eigenvalue weighted by Gasteiger charge is -2.33. The first-order chi connectivity index (χ1) is 12.3. The fraction of sp³-hybridized carbons (Fsp3) is 0.588. The first-order valence-corrected chi connectivity index (χ1v) is 10.2. The molecular formula is C17H26N6O2S. The molecule has 1 atom stereocenters. The van der Waals surface area contributed by atoms with E-state index in [4.69, 9.17) is 4.98 Å². The molecule has 0 N–H and O–H groups in total. The highest BCUT2D eigenvalue weighted by Gasteiger charge is 2.30. The van der Waals surface area contributed by atoms with Gasteiger partial charge in [0.05, 0.1) is 23.8 Å². The van der Waals surface area contributed by atoms with Gasteiger partial charge in [0.25, 0.3) is 10.2 Å². The monoisotopic (exact) mass is 378 g/mol. The maximum atomic E-state index is 12.4. The third-order valence-electron chi connectivity index (χ3n) is 4.93. The zero-order valence-electron chi connectivity index (χ0n) is 15.8. The van der Waals surface area contributed by atoms with Gasteiger partial charge in [0.15, 0.2) is 0 Å². The predicted octanol–water partition coefficient (Wildman–Crippen LogP) is 1.25. The quantitative estimate of drug-likeness (QED) is 0.782. The second-order valence-electron chi connectivity index (χ2n) is 7.01. The van der Waals surface area contributed by atoms with E-state index in [0.29, 0.717) is 13.1 Å². The number of aryl methyl sites for hydroxylation is 1. The van der Waals surface area contributed by atoms with Gasteiger partial charge in [-0.3, -0.25) is 4.98 Å². The van der Waals surface area contributed by atoms with Crippen LogP contribution in [0.2, 0.25) is 0 Å². The van der Waals surface area contributed by atoms with E-state index in [9.17, 15) is 8.42 Å². The molecule has 8 nitrogen and oxygen atoms in total. The lowest BCUT2D eigenvalue weighted by Crippen LogP contribution is -2.45. The molecule has 1 aliphatic heterocycles. The second kappa shape index (κ2) is 7.42. The van der Waals surface area contributed by atoms with E-state index >= 15 is 0 Å². The summed E-state index contributed by atoms with van der Waals surface area (Å²) in [6.45, 7) is 3.05. The smallest absolute Gasteiger partial charge is 0.281 e. The summed E-state index contributed by atoms with van der Waals surface area (Å²) in [5, 5.41) is 0. The molecule has 0 saturated carbocycles. The van der Waals surface area contributed by atoms with Crippen molar-refractivity contribution in [2.24, 2.45) is 13.0 Å². The zero-order valence-corrected chi connectivity index (χ0v) is 16.6. The molecule has 26 heavy (non-hydrogen) atoms. The van der Waals surface area contributed by atoms with Crippen molar-refractivity contribution in [3.63, 3.8) is 0 Å². The van der Waals surface area contributed by atoms with Crippen molar-refractivity contribution in [3.8, 4) is 11.4 Å². The molecule has 1 aliphatic rings. The van der Waals surface area contributed by atoms with Crippen LogP contribution in [0, 0.1) is 12.8 Å². The first-order valence-electron chi connectivity index (χ1n) is 8.76. The zero-order chi connectivity index (χ0) is 18.9. The highest BCUT2D eigenvalue weighted by atomic mass is 32.2. The van der Waals surface area contributed by atoms with Gasteiger partial charge in [-0.25, -0.2) is 9.97 Å². The number of hydrogen-bond acceptors (Lipinski definition) is 5. The van der Waals surface area contributed by atoms with Gasteiger partial charge >= 0.3 is 0 Å². The number of piperidine rings is 1. The lowest BCUT2D eigenvalue weighted by atomic mass is 9.95. The van der Waals surface area contributed by atoms with Crippen LogP contribution in [0.5, 0.6) is 0 Å². The molecule has 3 heterocycles. The fourth-order valence-electron chi connectivity index (χ4n) is 3.30. The van der Waals surface area contributed by atoms with Crippen LogP contribution in [0.1, 0.15) is 24.4 Å². The van der Waals surface area contributed by atoms with E-state index in [-0.39, 0.29) is 5.92 Å². The van der Waals surface area contributed by atoms with E-state index in [0.717, 1.165) is 42.2 Å². The van der Waals surface area contributed by atoms with E-state index in [2.05, 4.69) is 9.97 Å². The lowest BCUT2D eigenvalue weighted by molar-refractivity contribution is 0.253. The summed E-state index contributed by atoms with van der Waals surface area (Å²) in [5.41, 5.74) is 2.60. The van der Waals surface area contributed by atoms with Gasteiger partial charge in [-0.05, 0) is 32.1 Å². The molecule has 1 fully saturated rings. The minimum Gasteiger partial charge on any atom is -0.330 e. The van der Waals surface area contributed by atoms with Crippen LogP contribution >= 0.6 is 0 Å². The third kappa shape index (κ3) is 3.79. The van der Waals surface area contributed by atoms with Crippen LogP contribution in [0.4, 0.5) is 0 Å². The molecular weight excluding hydrogens is 352 g/mol. The van der Waals surface area contributed by atoms with Crippen LogP contribution in [0.3, 0.4) is 0 Å². The Morgan fingerprint density at radius 1 is 1.27 bits per heavy atom. The third-order valence-corrected chi connectivity index (χ3v) is 6.84. The fourth-order valence-corrected chi connectivity index (χ4v) is 4.52. The van der Waals surface area contributed by atoms with Crippen LogP contribution in [-0.2, 0) is 23.7 Å². The molecule has 2 aromatic rings. The molecule has 0 amide bonds. The van der Waals surface area contributed by atoms with E-state index < -0.39 is 10.2 Å². The minimum absolute atomic E-state index is 0.247. The Hall–Kier alpha value is -1.84. The van der Waals surface area contributed by atoms with Gasteiger partial charge in [-0.2, -0.15) is 17.0 Å². The molecule has 0 unspecified atom stereocenters. The van der Waals surface area contributed by atoms with Crippen molar-refractivity contribution in [2.45, 2.75) is 26.2 Å². The number of imidazole rings is 1. The van der Waals surface area contributed by atoms with Crippen LogP contribution in [0.15, 0.2) is 18.6 Å². The summed E-state index contributed by atoms with van der Waals surface area (Å²) in [6.07, 6.45) is 7.89. The Morgan fingerprint density at radius 2 is 2.04 bits per heavy atom. The van der Waals surface area contributed by atoms with Crippen LogP contribution in [-0.4, -0.2) is 63.7 Å². The molecule has 9 heteroatoms. The average Bonchev–Trinajstić information content (AvgIpc) is 2.94. The van der Waals surface area contributed by atoms with Gasteiger partial charge in [0.2, 0.25) is 0 Å². The number of aromatic nitrogens is 4. The topological polar surface area (TPSA) is 84.2 Å². The number of hydrogen-bond donors (Lipinski definition) is 0. The highest BCUT2D eigenvalue weighted by Crippen LogP contribution is 2.24. The summed E-state index contributed by atoms with van der Waals surface area (Å²) in [7, 11) is 1.74. The molecule has 2 aromatic heterocycles. The second-order valence-corrected chi connectivity index (χ2v) is 9.15. The van der Waals surface area contributed by atoms with Gasteiger partial charge in [-0.1, -0.05) is 0 Å². The maximum Gasteiger partial charge on any atom is 0.281 e. The van der Waals surface area contributed by atoms with Gasteiger partial charge in [-0.15, -0.1) is 0 Å². The minimum atomic E-state index is -3.36. The average molecular weight is 379 g/mol. The Balaban J connectivity index is 1.75. The molecule has 142 valence electrons. The van der Waals surface area contributed by atoms with Crippen molar-refractivity contribution >= 4 is 10.2 Å². The Kier molecular flexibility index (Phi) is 5.40. The predicted molar refractivity (Wildman–Crippen MR) is 99.6 cm³/mol. The van der Waals surface area contributed by atoms with Crippen molar-refractivity contribution in [3.05, 3.63) is 30.1 Å². The van der Waals surface area contributed by atoms with Gasteiger partial charge < -0.3 is 4.57 Å². The molecule has 0 radical (unpaired) electrons. The Labute approximate surface area is 155 Å². The summed E-state index contributed by atoms with van der Waals surface area (Å²) >= 11 is 0. The van der Waals surface area contributed by atoms with Gasteiger partial charge in [0, 0.05) is 40.4 Å². The highest BCUT2D eigenvalue weighted by molar-refractivity contribution is 7.86. The van der Waals surface area contributed by atoms with E-state index in [1.165, 1.54) is 4.31 Å². The summed E-state index contributed by atoms with van der Waals surface area (Å²) in [4.78, 5) is 13.4.